The highest BCUT2D eigenvalue weighted by Crippen LogP contribution is 2.52. The van der Waals surface area contributed by atoms with Crippen molar-refractivity contribution < 1.29 is 18.4 Å². The van der Waals surface area contributed by atoms with E-state index in [9.17, 15) is 9.36 Å². The van der Waals surface area contributed by atoms with Gasteiger partial charge in [-0.1, -0.05) is 20.8 Å². The molecule has 0 fully saturated rings. The Bertz CT molecular complexity index is 297. The fraction of sp³-hybridized carbons (Fsp3) is 0.923. The van der Waals surface area contributed by atoms with E-state index in [0.717, 1.165) is 0 Å². The highest BCUT2D eigenvalue weighted by molar-refractivity contribution is 7.53. The van der Waals surface area contributed by atoms with Crippen LogP contribution in [0, 0.1) is 11.3 Å². The minimum Gasteiger partial charge on any atom is -0.309 e. The van der Waals surface area contributed by atoms with E-state index in [-0.39, 0.29) is 17.1 Å². The van der Waals surface area contributed by atoms with Gasteiger partial charge in [0.1, 0.15) is 5.78 Å². The van der Waals surface area contributed by atoms with Gasteiger partial charge in [0, 0.05) is 6.42 Å². The van der Waals surface area contributed by atoms with Crippen LogP contribution in [0.4, 0.5) is 0 Å². The second-order valence-corrected chi connectivity index (χ2v) is 7.70. The molecule has 0 unspecified atom stereocenters. The Morgan fingerprint density at radius 3 is 1.89 bits per heavy atom. The van der Waals surface area contributed by atoms with Crippen molar-refractivity contribution >= 4 is 13.4 Å². The van der Waals surface area contributed by atoms with E-state index in [1.807, 2.05) is 20.8 Å². The molecule has 0 aromatic heterocycles. The molecule has 0 saturated carbocycles. The summed E-state index contributed by atoms with van der Waals surface area (Å²) in [6.07, 6.45) is 0.714. The molecule has 1 atom stereocenters. The normalized spacial score (nSPS) is 14.6. The first-order valence-corrected chi connectivity index (χ1v) is 8.25. The molecule has 0 aliphatic carbocycles. The summed E-state index contributed by atoms with van der Waals surface area (Å²) in [7, 11) is -3.08. The van der Waals surface area contributed by atoms with E-state index in [2.05, 4.69) is 0 Å². The van der Waals surface area contributed by atoms with Gasteiger partial charge in [0.2, 0.25) is 0 Å². The third-order valence-corrected chi connectivity index (χ3v) is 5.05. The van der Waals surface area contributed by atoms with Gasteiger partial charge in [0.15, 0.2) is 0 Å². The van der Waals surface area contributed by atoms with Gasteiger partial charge in [-0.05, 0) is 32.1 Å². The Balaban J connectivity index is 4.91. The topological polar surface area (TPSA) is 52.6 Å². The molecule has 18 heavy (non-hydrogen) atoms. The molecule has 0 rings (SSSR count). The molecule has 0 saturated heterocycles. The third-order valence-electron chi connectivity index (χ3n) is 2.85. The van der Waals surface area contributed by atoms with Gasteiger partial charge in [0.05, 0.1) is 19.4 Å². The number of rotatable bonds is 8. The van der Waals surface area contributed by atoms with E-state index >= 15 is 0 Å². The molecule has 4 nitrogen and oxygen atoms in total. The summed E-state index contributed by atoms with van der Waals surface area (Å²) in [6, 6.07) is 0. The first kappa shape index (κ1) is 17.8. The zero-order chi connectivity index (χ0) is 14.4. The molecule has 0 N–H and O–H groups in total. The van der Waals surface area contributed by atoms with Crippen molar-refractivity contribution in [1.82, 2.24) is 0 Å². The van der Waals surface area contributed by atoms with E-state index in [1.165, 1.54) is 0 Å². The van der Waals surface area contributed by atoms with Crippen LogP contribution < -0.4 is 0 Å². The largest absolute Gasteiger partial charge is 0.330 e. The van der Waals surface area contributed by atoms with Crippen molar-refractivity contribution in [2.75, 3.05) is 19.4 Å². The lowest BCUT2D eigenvalue weighted by Gasteiger charge is -2.32. The predicted molar refractivity (Wildman–Crippen MR) is 74.0 cm³/mol. The monoisotopic (exact) mass is 278 g/mol. The summed E-state index contributed by atoms with van der Waals surface area (Å²) in [5.41, 5.74) is -0.102. The first-order chi connectivity index (χ1) is 8.14. The van der Waals surface area contributed by atoms with Crippen LogP contribution in [0.3, 0.4) is 0 Å². The number of hydrogen-bond donors (Lipinski definition) is 0. The maximum atomic E-state index is 12.5. The van der Waals surface area contributed by atoms with Gasteiger partial charge in [-0.25, -0.2) is 0 Å². The van der Waals surface area contributed by atoms with Crippen molar-refractivity contribution in [2.24, 2.45) is 11.3 Å². The van der Waals surface area contributed by atoms with Crippen molar-refractivity contribution in [1.29, 1.82) is 0 Å². The molecule has 0 bridgehead atoms. The van der Waals surface area contributed by atoms with E-state index in [4.69, 9.17) is 9.05 Å². The fourth-order valence-corrected chi connectivity index (χ4v) is 4.09. The van der Waals surface area contributed by atoms with Crippen LogP contribution in [0.5, 0.6) is 0 Å². The fourth-order valence-electron chi connectivity index (χ4n) is 1.80. The molecule has 0 aromatic rings. The summed E-state index contributed by atoms with van der Waals surface area (Å²) >= 11 is 0. The number of Topliss-reactive ketones (excluding diaryl/α,β-unsaturated/α-hetero) is 1. The smallest absolute Gasteiger partial charge is 0.309 e. The second-order valence-electron chi connectivity index (χ2n) is 5.60. The van der Waals surface area contributed by atoms with Crippen LogP contribution in [-0.4, -0.2) is 25.2 Å². The van der Waals surface area contributed by atoms with Gasteiger partial charge in [-0.2, -0.15) is 0 Å². The summed E-state index contributed by atoms with van der Waals surface area (Å²) in [4.78, 5) is 11.3. The highest BCUT2D eigenvalue weighted by Gasteiger charge is 2.35. The van der Waals surface area contributed by atoms with Crippen molar-refractivity contribution in [3.05, 3.63) is 0 Å². The lowest BCUT2D eigenvalue weighted by molar-refractivity contribution is -0.118. The van der Waals surface area contributed by atoms with Crippen LogP contribution in [-0.2, 0) is 18.4 Å². The molecule has 0 amide bonds. The Morgan fingerprint density at radius 2 is 1.61 bits per heavy atom. The van der Waals surface area contributed by atoms with Crippen molar-refractivity contribution in [3.63, 3.8) is 0 Å². The maximum absolute atomic E-state index is 12.5. The predicted octanol–water partition coefficient (Wildman–Crippen LogP) is 3.89. The molecule has 0 aromatic carbocycles. The van der Waals surface area contributed by atoms with Gasteiger partial charge < -0.3 is 13.8 Å². The SMILES string of the molecule is CCOP(=O)(C[C@H](CC(C)=O)C(C)(C)C)OCC. The van der Waals surface area contributed by atoms with Crippen LogP contribution in [0.15, 0.2) is 0 Å². The van der Waals surface area contributed by atoms with Gasteiger partial charge in [-0.3, -0.25) is 4.57 Å². The van der Waals surface area contributed by atoms with Crippen LogP contribution in [0.1, 0.15) is 48.0 Å². The van der Waals surface area contributed by atoms with Crippen LogP contribution in [0.2, 0.25) is 0 Å². The Hall–Kier alpha value is -0.180. The quantitative estimate of drug-likeness (QED) is 0.632. The average Bonchev–Trinajstić information content (AvgIpc) is 2.14. The molecular weight excluding hydrogens is 251 g/mol. The number of carbonyl (C=O) groups excluding carboxylic acids is 1. The second kappa shape index (κ2) is 7.42. The zero-order valence-electron chi connectivity index (χ0n) is 12.5. The minimum absolute atomic E-state index is 0.000988. The van der Waals surface area contributed by atoms with Crippen molar-refractivity contribution in [3.8, 4) is 0 Å². The standard InChI is InChI=1S/C13H27O4P/c1-7-16-18(15,17-8-2)10-12(9-11(3)14)13(4,5)6/h12H,7-10H2,1-6H3/t12-/m0/s1. The zero-order valence-corrected chi connectivity index (χ0v) is 13.4. The summed E-state index contributed by atoms with van der Waals surface area (Å²) in [5.74, 6) is 0.105. The molecule has 0 aliphatic rings. The van der Waals surface area contributed by atoms with E-state index < -0.39 is 7.60 Å². The van der Waals surface area contributed by atoms with E-state index in [0.29, 0.717) is 25.8 Å². The first-order valence-electron chi connectivity index (χ1n) is 6.52. The highest BCUT2D eigenvalue weighted by atomic mass is 31.2. The Labute approximate surface area is 111 Å². The molecular formula is C13H27O4P. The maximum Gasteiger partial charge on any atom is 0.330 e. The van der Waals surface area contributed by atoms with Gasteiger partial charge in [0.25, 0.3) is 0 Å². The molecule has 0 heterocycles. The molecule has 5 heteroatoms. The van der Waals surface area contributed by atoms with Gasteiger partial charge in [-0.15, -0.1) is 0 Å². The third kappa shape index (κ3) is 6.67. The Morgan fingerprint density at radius 1 is 1.17 bits per heavy atom. The van der Waals surface area contributed by atoms with Crippen LogP contribution >= 0.6 is 7.60 Å². The van der Waals surface area contributed by atoms with Gasteiger partial charge >= 0.3 is 7.60 Å². The van der Waals surface area contributed by atoms with Crippen molar-refractivity contribution in [2.45, 2.75) is 48.0 Å². The number of carbonyl (C=O) groups is 1. The van der Waals surface area contributed by atoms with Crippen LogP contribution in [0.25, 0.3) is 0 Å². The summed E-state index contributed by atoms with van der Waals surface area (Å²) in [6.45, 7) is 12.0. The number of hydrogen-bond acceptors (Lipinski definition) is 4. The molecule has 0 spiro atoms. The van der Waals surface area contributed by atoms with E-state index in [1.54, 1.807) is 20.8 Å². The number of ketones is 1. The summed E-state index contributed by atoms with van der Waals surface area (Å²) in [5, 5.41) is 0. The summed E-state index contributed by atoms with van der Waals surface area (Å²) < 4.78 is 23.1. The average molecular weight is 278 g/mol. The molecule has 0 aliphatic heterocycles. The lowest BCUT2D eigenvalue weighted by Crippen LogP contribution is -2.27. The molecule has 0 radical (unpaired) electrons. The Kier molecular flexibility index (Phi) is 7.34. The lowest BCUT2D eigenvalue weighted by atomic mass is 9.79. The molecule has 108 valence electrons. The minimum atomic E-state index is -3.08.